The van der Waals surface area contributed by atoms with E-state index in [1.54, 1.807) is 0 Å². The maximum atomic E-state index is 11.4. The Morgan fingerprint density at radius 1 is 1.56 bits per heavy atom. The van der Waals surface area contributed by atoms with Crippen molar-refractivity contribution in [2.24, 2.45) is 11.3 Å². The molecule has 0 saturated carbocycles. The Labute approximate surface area is 110 Å². The topological polar surface area (TPSA) is 32.8 Å². The van der Waals surface area contributed by atoms with Crippen molar-refractivity contribution in [2.45, 2.75) is 19.3 Å². The average Bonchev–Trinajstić information content (AvgIpc) is 2.75. The van der Waals surface area contributed by atoms with Gasteiger partial charge in [0.2, 0.25) is 0 Å². The Kier molecular flexibility index (Phi) is 4.76. The molecule has 2 aliphatic rings. The lowest BCUT2D eigenvalue weighted by atomic mass is 9.83. The first-order valence-electron chi connectivity index (χ1n) is 7.05. The standard InChI is InChI=1S/C14H26N2O2/c1-15-6-4-13(8-15)9-16(2)10-14(11-17)5-3-7-18-12-14/h11,13H,3-10,12H2,1-2H3. The van der Waals surface area contributed by atoms with Gasteiger partial charge in [-0.15, -0.1) is 0 Å². The van der Waals surface area contributed by atoms with Gasteiger partial charge in [-0.25, -0.2) is 0 Å². The van der Waals surface area contributed by atoms with E-state index in [9.17, 15) is 4.79 Å². The average molecular weight is 254 g/mol. The highest BCUT2D eigenvalue weighted by atomic mass is 16.5. The number of carbonyl (C=O) groups is 1. The van der Waals surface area contributed by atoms with Crippen molar-refractivity contribution < 1.29 is 9.53 Å². The number of rotatable bonds is 5. The Bertz CT molecular complexity index is 277. The number of hydrogen-bond acceptors (Lipinski definition) is 4. The predicted octanol–water partition coefficient (Wildman–Crippen LogP) is 0.866. The fourth-order valence-electron chi connectivity index (χ4n) is 3.35. The van der Waals surface area contributed by atoms with Crippen molar-refractivity contribution in [3.63, 3.8) is 0 Å². The van der Waals surface area contributed by atoms with E-state index in [0.717, 1.165) is 44.7 Å². The van der Waals surface area contributed by atoms with Crippen LogP contribution in [-0.4, -0.2) is 69.6 Å². The molecule has 2 rings (SSSR count). The number of nitrogens with zero attached hydrogens (tertiary/aromatic N) is 2. The summed E-state index contributed by atoms with van der Waals surface area (Å²) in [7, 11) is 4.32. The third kappa shape index (κ3) is 3.53. The van der Waals surface area contributed by atoms with E-state index in [2.05, 4.69) is 23.9 Å². The van der Waals surface area contributed by atoms with E-state index in [4.69, 9.17) is 4.74 Å². The monoisotopic (exact) mass is 254 g/mol. The van der Waals surface area contributed by atoms with Gasteiger partial charge in [-0.2, -0.15) is 0 Å². The molecule has 0 aliphatic carbocycles. The summed E-state index contributed by atoms with van der Waals surface area (Å²) in [5.41, 5.74) is -0.252. The molecule has 0 aromatic carbocycles. The molecular formula is C14H26N2O2. The van der Waals surface area contributed by atoms with E-state index < -0.39 is 0 Å². The largest absolute Gasteiger partial charge is 0.380 e. The first-order chi connectivity index (χ1) is 8.63. The van der Waals surface area contributed by atoms with Gasteiger partial charge in [0, 0.05) is 26.2 Å². The first kappa shape index (κ1) is 14.0. The van der Waals surface area contributed by atoms with Crippen LogP contribution in [0.1, 0.15) is 19.3 Å². The third-order valence-electron chi connectivity index (χ3n) is 4.25. The van der Waals surface area contributed by atoms with Gasteiger partial charge in [0.25, 0.3) is 0 Å². The van der Waals surface area contributed by atoms with Crippen LogP contribution in [0.5, 0.6) is 0 Å². The second-order valence-corrected chi connectivity index (χ2v) is 6.25. The van der Waals surface area contributed by atoms with Crippen molar-refractivity contribution in [1.82, 2.24) is 9.80 Å². The van der Waals surface area contributed by atoms with Gasteiger partial charge in [0.15, 0.2) is 0 Å². The Morgan fingerprint density at radius 3 is 2.94 bits per heavy atom. The third-order valence-corrected chi connectivity index (χ3v) is 4.25. The molecule has 4 nitrogen and oxygen atoms in total. The summed E-state index contributed by atoms with van der Waals surface area (Å²) < 4.78 is 5.50. The zero-order valence-electron chi connectivity index (χ0n) is 11.7. The fourth-order valence-corrected chi connectivity index (χ4v) is 3.35. The van der Waals surface area contributed by atoms with E-state index in [1.165, 1.54) is 19.5 Å². The summed E-state index contributed by atoms with van der Waals surface area (Å²) in [5, 5.41) is 0. The molecule has 0 spiro atoms. The highest BCUT2D eigenvalue weighted by Crippen LogP contribution is 2.27. The number of hydrogen-bond donors (Lipinski definition) is 0. The number of ether oxygens (including phenoxy) is 1. The Balaban J connectivity index is 1.81. The highest BCUT2D eigenvalue weighted by Gasteiger charge is 2.34. The van der Waals surface area contributed by atoms with Gasteiger partial charge in [0.05, 0.1) is 12.0 Å². The fraction of sp³-hybridized carbons (Fsp3) is 0.929. The first-order valence-corrected chi connectivity index (χ1v) is 7.05. The molecule has 2 aliphatic heterocycles. The maximum absolute atomic E-state index is 11.4. The number of likely N-dealkylation sites (tertiary alicyclic amines) is 1. The van der Waals surface area contributed by atoms with Crippen molar-refractivity contribution >= 4 is 6.29 Å². The predicted molar refractivity (Wildman–Crippen MR) is 71.7 cm³/mol. The van der Waals surface area contributed by atoms with E-state index in [-0.39, 0.29) is 5.41 Å². The van der Waals surface area contributed by atoms with Crippen molar-refractivity contribution in [3.8, 4) is 0 Å². The minimum absolute atomic E-state index is 0.252. The van der Waals surface area contributed by atoms with Crippen LogP contribution in [0.3, 0.4) is 0 Å². The molecule has 0 bridgehead atoms. The zero-order chi connectivity index (χ0) is 13.0. The molecule has 2 atom stereocenters. The lowest BCUT2D eigenvalue weighted by molar-refractivity contribution is -0.125. The molecule has 0 aromatic rings. The summed E-state index contributed by atoms with van der Waals surface area (Å²) in [6.45, 7) is 5.75. The lowest BCUT2D eigenvalue weighted by Crippen LogP contribution is -2.44. The van der Waals surface area contributed by atoms with Crippen molar-refractivity contribution in [2.75, 3.05) is 53.5 Å². The summed E-state index contributed by atoms with van der Waals surface area (Å²) >= 11 is 0. The molecule has 104 valence electrons. The molecule has 0 aromatic heterocycles. The van der Waals surface area contributed by atoms with Crippen LogP contribution >= 0.6 is 0 Å². The maximum Gasteiger partial charge on any atom is 0.129 e. The van der Waals surface area contributed by atoms with E-state index in [0.29, 0.717) is 6.61 Å². The zero-order valence-corrected chi connectivity index (χ0v) is 11.7. The second-order valence-electron chi connectivity index (χ2n) is 6.25. The van der Waals surface area contributed by atoms with Crippen LogP contribution in [-0.2, 0) is 9.53 Å². The van der Waals surface area contributed by atoms with Gasteiger partial charge in [-0.05, 0) is 45.8 Å². The number of aldehydes is 1. The van der Waals surface area contributed by atoms with Gasteiger partial charge >= 0.3 is 0 Å². The molecular weight excluding hydrogens is 228 g/mol. The molecule has 2 fully saturated rings. The minimum Gasteiger partial charge on any atom is -0.380 e. The molecule has 0 radical (unpaired) electrons. The highest BCUT2D eigenvalue weighted by molar-refractivity contribution is 5.60. The number of carbonyl (C=O) groups excluding carboxylic acids is 1. The Hall–Kier alpha value is -0.450. The van der Waals surface area contributed by atoms with Crippen LogP contribution in [0.25, 0.3) is 0 Å². The van der Waals surface area contributed by atoms with Crippen LogP contribution in [0.15, 0.2) is 0 Å². The Morgan fingerprint density at radius 2 is 2.39 bits per heavy atom. The minimum atomic E-state index is -0.252. The lowest BCUT2D eigenvalue weighted by Gasteiger charge is -2.36. The second kappa shape index (κ2) is 6.13. The molecule has 0 N–H and O–H groups in total. The summed E-state index contributed by atoms with van der Waals surface area (Å²) in [4.78, 5) is 16.1. The normalized spacial score (nSPS) is 34.1. The smallest absolute Gasteiger partial charge is 0.129 e. The summed E-state index contributed by atoms with van der Waals surface area (Å²) in [6, 6.07) is 0. The van der Waals surface area contributed by atoms with Gasteiger partial charge in [0.1, 0.15) is 6.29 Å². The van der Waals surface area contributed by atoms with Gasteiger partial charge in [-0.1, -0.05) is 0 Å². The van der Waals surface area contributed by atoms with Crippen LogP contribution in [0, 0.1) is 11.3 Å². The van der Waals surface area contributed by atoms with Crippen LogP contribution < -0.4 is 0 Å². The SMILES string of the molecule is CN1CCC(CN(C)CC2(C=O)CCCOC2)C1. The summed E-state index contributed by atoms with van der Waals surface area (Å²) in [6.07, 6.45) is 4.40. The van der Waals surface area contributed by atoms with Gasteiger partial charge in [-0.3, -0.25) is 0 Å². The molecule has 18 heavy (non-hydrogen) atoms. The molecule has 4 heteroatoms. The van der Waals surface area contributed by atoms with Crippen molar-refractivity contribution in [3.05, 3.63) is 0 Å². The quantitative estimate of drug-likeness (QED) is 0.682. The van der Waals surface area contributed by atoms with Crippen LogP contribution in [0.2, 0.25) is 0 Å². The van der Waals surface area contributed by atoms with E-state index >= 15 is 0 Å². The molecule has 0 amide bonds. The molecule has 2 unspecified atom stereocenters. The van der Waals surface area contributed by atoms with Crippen molar-refractivity contribution in [1.29, 1.82) is 0 Å². The van der Waals surface area contributed by atoms with Crippen LogP contribution in [0.4, 0.5) is 0 Å². The van der Waals surface area contributed by atoms with E-state index in [1.807, 2.05) is 0 Å². The molecule has 2 heterocycles. The summed E-state index contributed by atoms with van der Waals surface area (Å²) in [5.74, 6) is 0.758. The molecule has 2 saturated heterocycles. The van der Waals surface area contributed by atoms with Gasteiger partial charge < -0.3 is 19.3 Å².